The Hall–Kier alpha value is -1.77. The number of hydrogen-bond acceptors (Lipinski definition) is 3. The predicted octanol–water partition coefficient (Wildman–Crippen LogP) is 3.89. The van der Waals surface area contributed by atoms with Crippen molar-refractivity contribution in [3.8, 4) is 5.75 Å². The number of carbonyl (C=O) groups is 1. The van der Waals surface area contributed by atoms with Gasteiger partial charge in [-0.05, 0) is 38.3 Å². The Morgan fingerprint density at radius 3 is 2.47 bits per heavy atom. The van der Waals surface area contributed by atoms with E-state index in [1.54, 1.807) is 7.11 Å². The molecule has 1 aliphatic rings. The number of hydrogen-bond donors (Lipinski definition) is 0. The van der Waals surface area contributed by atoms with E-state index in [-0.39, 0.29) is 5.78 Å². The summed E-state index contributed by atoms with van der Waals surface area (Å²) in [7, 11) is 1.68. The SMILES string of the molecule is COc1c(C)c(C)c2oc3c(c2c1C)C(=O)CCC3. The summed E-state index contributed by atoms with van der Waals surface area (Å²) in [4.78, 5) is 12.2. The highest BCUT2D eigenvalue weighted by Gasteiger charge is 2.28. The van der Waals surface area contributed by atoms with Gasteiger partial charge in [0.05, 0.1) is 12.7 Å². The van der Waals surface area contributed by atoms with Crippen LogP contribution in [0, 0.1) is 20.8 Å². The Morgan fingerprint density at radius 1 is 1.05 bits per heavy atom. The second-order valence-electron chi connectivity index (χ2n) is 5.29. The van der Waals surface area contributed by atoms with E-state index in [0.717, 1.165) is 57.6 Å². The monoisotopic (exact) mass is 258 g/mol. The molecule has 1 aliphatic carbocycles. The average molecular weight is 258 g/mol. The molecule has 0 bridgehead atoms. The standard InChI is InChI=1S/C16H18O3/c1-8-9(2)16-13(10(3)15(8)18-4)14-11(17)6-5-7-12(14)19-16/h5-7H2,1-4H3. The van der Waals surface area contributed by atoms with Gasteiger partial charge in [-0.15, -0.1) is 0 Å². The summed E-state index contributed by atoms with van der Waals surface area (Å²) in [5, 5.41) is 0.958. The minimum atomic E-state index is 0.202. The molecule has 0 saturated carbocycles. The normalized spacial score (nSPS) is 14.8. The molecule has 0 aliphatic heterocycles. The number of ether oxygens (including phenoxy) is 1. The molecule has 19 heavy (non-hydrogen) atoms. The molecule has 1 heterocycles. The molecular formula is C16H18O3. The zero-order valence-electron chi connectivity index (χ0n) is 11.8. The van der Waals surface area contributed by atoms with Crippen molar-refractivity contribution in [1.82, 2.24) is 0 Å². The molecule has 0 radical (unpaired) electrons. The Bertz CT molecular complexity index is 692. The van der Waals surface area contributed by atoms with Crippen LogP contribution in [0.5, 0.6) is 5.75 Å². The molecule has 2 aromatic rings. The van der Waals surface area contributed by atoms with E-state index < -0.39 is 0 Å². The van der Waals surface area contributed by atoms with E-state index in [0.29, 0.717) is 6.42 Å². The molecule has 0 saturated heterocycles. The summed E-state index contributed by atoms with van der Waals surface area (Å²) < 4.78 is 11.5. The van der Waals surface area contributed by atoms with Crippen molar-refractivity contribution in [1.29, 1.82) is 0 Å². The quantitative estimate of drug-likeness (QED) is 0.779. The fourth-order valence-electron chi connectivity index (χ4n) is 3.15. The smallest absolute Gasteiger partial charge is 0.167 e. The van der Waals surface area contributed by atoms with Crippen LogP contribution in [0.4, 0.5) is 0 Å². The first kappa shape index (κ1) is 12.3. The number of carbonyl (C=O) groups excluding carboxylic acids is 1. The number of Topliss-reactive ketones (excluding diaryl/α,β-unsaturated/α-hetero) is 1. The lowest BCUT2D eigenvalue weighted by Gasteiger charge is -2.13. The Morgan fingerprint density at radius 2 is 1.79 bits per heavy atom. The number of benzene rings is 1. The van der Waals surface area contributed by atoms with Gasteiger partial charge in [0, 0.05) is 23.8 Å². The van der Waals surface area contributed by atoms with Gasteiger partial charge < -0.3 is 9.15 Å². The van der Waals surface area contributed by atoms with E-state index >= 15 is 0 Å². The van der Waals surface area contributed by atoms with Gasteiger partial charge >= 0.3 is 0 Å². The maximum absolute atomic E-state index is 12.2. The Balaban J connectivity index is 2.48. The zero-order valence-corrected chi connectivity index (χ0v) is 11.8. The van der Waals surface area contributed by atoms with Crippen molar-refractivity contribution in [3.63, 3.8) is 0 Å². The molecule has 3 rings (SSSR count). The number of methoxy groups -OCH3 is 1. The second-order valence-corrected chi connectivity index (χ2v) is 5.29. The third kappa shape index (κ3) is 1.54. The lowest BCUT2D eigenvalue weighted by Crippen LogP contribution is -2.08. The first-order valence-corrected chi connectivity index (χ1v) is 6.68. The maximum atomic E-state index is 12.2. The highest BCUT2D eigenvalue weighted by molar-refractivity contribution is 6.11. The van der Waals surface area contributed by atoms with Crippen molar-refractivity contribution in [3.05, 3.63) is 28.0 Å². The highest BCUT2D eigenvalue weighted by Crippen LogP contribution is 2.41. The molecule has 1 aromatic heterocycles. The lowest BCUT2D eigenvalue weighted by molar-refractivity contribution is 0.0971. The fourth-order valence-corrected chi connectivity index (χ4v) is 3.15. The number of ketones is 1. The van der Waals surface area contributed by atoms with Gasteiger partial charge in [0.1, 0.15) is 17.1 Å². The average Bonchev–Trinajstić information content (AvgIpc) is 2.78. The van der Waals surface area contributed by atoms with Crippen molar-refractivity contribution >= 4 is 16.8 Å². The van der Waals surface area contributed by atoms with Crippen molar-refractivity contribution in [2.75, 3.05) is 7.11 Å². The summed E-state index contributed by atoms with van der Waals surface area (Å²) >= 11 is 0. The fraction of sp³-hybridized carbons (Fsp3) is 0.438. The summed E-state index contributed by atoms with van der Waals surface area (Å²) in [6, 6.07) is 0. The highest BCUT2D eigenvalue weighted by atomic mass is 16.5. The summed E-state index contributed by atoms with van der Waals surface area (Å²) in [5.41, 5.74) is 4.82. The first-order valence-electron chi connectivity index (χ1n) is 6.68. The van der Waals surface area contributed by atoms with Crippen LogP contribution < -0.4 is 4.74 Å². The first-order chi connectivity index (χ1) is 9.06. The maximum Gasteiger partial charge on any atom is 0.167 e. The van der Waals surface area contributed by atoms with Crippen LogP contribution in [0.1, 0.15) is 45.7 Å². The summed E-state index contributed by atoms with van der Waals surface area (Å²) in [5.74, 6) is 1.92. The molecule has 3 nitrogen and oxygen atoms in total. The van der Waals surface area contributed by atoms with E-state index in [9.17, 15) is 4.79 Å². The number of rotatable bonds is 1. The minimum absolute atomic E-state index is 0.202. The van der Waals surface area contributed by atoms with Crippen LogP contribution >= 0.6 is 0 Å². The molecular weight excluding hydrogens is 240 g/mol. The molecule has 0 amide bonds. The minimum Gasteiger partial charge on any atom is -0.496 e. The van der Waals surface area contributed by atoms with Gasteiger partial charge in [-0.25, -0.2) is 0 Å². The number of fused-ring (bicyclic) bond motifs is 3. The van der Waals surface area contributed by atoms with Crippen LogP contribution in [0.25, 0.3) is 11.0 Å². The molecule has 1 aromatic carbocycles. The van der Waals surface area contributed by atoms with Gasteiger partial charge in [0.15, 0.2) is 5.78 Å². The van der Waals surface area contributed by atoms with Crippen LogP contribution in [-0.2, 0) is 6.42 Å². The molecule has 3 heteroatoms. The molecule has 0 unspecified atom stereocenters. The Labute approximate surface area is 112 Å². The number of aryl methyl sites for hydroxylation is 3. The topological polar surface area (TPSA) is 39.4 Å². The molecule has 0 N–H and O–H groups in total. The summed E-state index contributed by atoms with van der Waals surface area (Å²) in [6.45, 7) is 6.06. The van der Waals surface area contributed by atoms with Crippen molar-refractivity contribution < 1.29 is 13.9 Å². The third-order valence-electron chi connectivity index (χ3n) is 4.23. The van der Waals surface area contributed by atoms with E-state index in [1.165, 1.54) is 0 Å². The lowest BCUT2D eigenvalue weighted by atomic mass is 9.91. The van der Waals surface area contributed by atoms with Gasteiger partial charge in [-0.2, -0.15) is 0 Å². The van der Waals surface area contributed by atoms with Gasteiger partial charge in [-0.3, -0.25) is 4.79 Å². The van der Waals surface area contributed by atoms with Crippen LogP contribution in [0.3, 0.4) is 0 Å². The molecule has 0 spiro atoms. The Kier molecular flexibility index (Phi) is 2.66. The largest absolute Gasteiger partial charge is 0.496 e. The van der Waals surface area contributed by atoms with Crippen LogP contribution in [0.2, 0.25) is 0 Å². The van der Waals surface area contributed by atoms with Gasteiger partial charge in [0.2, 0.25) is 0 Å². The van der Waals surface area contributed by atoms with E-state index in [4.69, 9.17) is 9.15 Å². The van der Waals surface area contributed by atoms with Crippen LogP contribution in [0.15, 0.2) is 4.42 Å². The van der Waals surface area contributed by atoms with Crippen molar-refractivity contribution in [2.45, 2.75) is 40.0 Å². The van der Waals surface area contributed by atoms with Crippen molar-refractivity contribution in [2.24, 2.45) is 0 Å². The van der Waals surface area contributed by atoms with E-state index in [2.05, 4.69) is 0 Å². The second kappa shape index (κ2) is 4.12. The zero-order chi connectivity index (χ0) is 13.7. The van der Waals surface area contributed by atoms with Gasteiger partial charge in [-0.1, -0.05) is 0 Å². The van der Waals surface area contributed by atoms with Crippen LogP contribution in [-0.4, -0.2) is 12.9 Å². The number of furan rings is 1. The van der Waals surface area contributed by atoms with Gasteiger partial charge in [0.25, 0.3) is 0 Å². The van der Waals surface area contributed by atoms with E-state index in [1.807, 2.05) is 20.8 Å². The predicted molar refractivity (Wildman–Crippen MR) is 74.2 cm³/mol. The summed E-state index contributed by atoms with van der Waals surface area (Å²) in [6.07, 6.45) is 2.37. The molecule has 0 fully saturated rings. The third-order valence-corrected chi connectivity index (χ3v) is 4.23. The molecule has 0 atom stereocenters. The molecule has 100 valence electrons.